The van der Waals surface area contributed by atoms with E-state index in [0.29, 0.717) is 0 Å². The van der Waals surface area contributed by atoms with Gasteiger partial charge in [0, 0.05) is 11.0 Å². The molecular formula is C14H18BrNO2. The Morgan fingerprint density at radius 2 is 2.28 bits per heavy atom. The van der Waals surface area contributed by atoms with Crippen LogP contribution in [0.2, 0.25) is 0 Å². The molecule has 1 atom stereocenters. The van der Waals surface area contributed by atoms with Gasteiger partial charge in [0.15, 0.2) is 0 Å². The lowest BCUT2D eigenvalue weighted by Crippen LogP contribution is -2.44. The average Bonchev–Trinajstić information content (AvgIpc) is 2.33. The summed E-state index contributed by atoms with van der Waals surface area (Å²) in [4.78, 5) is 13.3. The molecule has 4 heteroatoms. The number of hydrogen-bond acceptors (Lipinski definition) is 2. The molecule has 1 saturated heterocycles. The molecule has 2 rings (SSSR count). The van der Waals surface area contributed by atoms with Gasteiger partial charge in [-0.1, -0.05) is 28.4 Å². The van der Waals surface area contributed by atoms with E-state index < -0.39 is 5.97 Å². The maximum absolute atomic E-state index is 11.2. The lowest BCUT2D eigenvalue weighted by Gasteiger charge is -2.33. The number of aliphatic carboxylic acids is 1. The fourth-order valence-corrected chi connectivity index (χ4v) is 2.99. The second-order valence-electron chi connectivity index (χ2n) is 4.89. The highest BCUT2D eigenvalue weighted by atomic mass is 79.9. The van der Waals surface area contributed by atoms with Crippen molar-refractivity contribution in [1.29, 1.82) is 0 Å². The Morgan fingerprint density at radius 3 is 2.94 bits per heavy atom. The van der Waals surface area contributed by atoms with E-state index in [1.165, 1.54) is 11.1 Å². The Hall–Kier alpha value is -0.870. The van der Waals surface area contributed by atoms with Crippen LogP contribution < -0.4 is 0 Å². The fourth-order valence-electron chi connectivity index (χ4n) is 2.52. The quantitative estimate of drug-likeness (QED) is 0.932. The first-order valence-corrected chi connectivity index (χ1v) is 7.09. The van der Waals surface area contributed by atoms with Crippen molar-refractivity contribution in [2.24, 2.45) is 0 Å². The molecule has 0 aromatic heterocycles. The summed E-state index contributed by atoms with van der Waals surface area (Å²) < 4.78 is 1.07. The molecule has 18 heavy (non-hydrogen) atoms. The van der Waals surface area contributed by atoms with Crippen LogP contribution in [0.15, 0.2) is 22.7 Å². The van der Waals surface area contributed by atoms with Crippen molar-refractivity contribution in [3.8, 4) is 0 Å². The molecule has 0 aliphatic carbocycles. The van der Waals surface area contributed by atoms with Gasteiger partial charge in [-0.2, -0.15) is 0 Å². The molecule has 1 heterocycles. The van der Waals surface area contributed by atoms with E-state index in [1.807, 2.05) is 6.07 Å². The number of likely N-dealkylation sites (tertiary alicyclic amines) is 1. The highest BCUT2D eigenvalue weighted by molar-refractivity contribution is 9.10. The highest BCUT2D eigenvalue weighted by Gasteiger charge is 2.28. The van der Waals surface area contributed by atoms with E-state index in [1.54, 1.807) is 0 Å². The minimum atomic E-state index is -0.690. The number of carboxylic acid groups (broad SMARTS) is 1. The van der Waals surface area contributed by atoms with Crippen LogP contribution in [0.5, 0.6) is 0 Å². The summed E-state index contributed by atoms with van der Waals surface area (Å²) in [5.74, 6) is -0.690. The lowest BCUT2D eigenvalue weighted by molar-refractivity contribution is -0.144. The summed E-state index contributed by atoms with van der Waals surface area (Å²) in [7, 11) is 0. The van der Waals surface area contributed by atoms with Gasteiger partial charge in [0.1, 0.15) is 6.04 Å². The Balaban J connectivity index is 2.13. The van der Waals surface area contributed by atoms with Crippen LogP contribution in [0.1, 0.15) is 30.4 Å². The fraction of sp³-hybridized carbons (Fsp3) is 0.500. The van der Waals surface area contributed by atoms with E-state index in [9.17, 15) is 9.90 Å². The summed E-state index contributed by atoms with van der Waals surface area (Å²) in [6, 6.07) is 5.85. The molecule has 1 aromatic carbocycles. The first kappa shape index (κ1) is 13.6. The summed E-state index contributed by atoms with van der Waals surface area (Å²) in [6.45, 7) is 3.68. The number of piperidine rings is 1. The molecule has 1 aliphatic rings. The van der Waals surface area contributed by atoms with Crippen molar-refractivity contribution < 1.29 is 9.90 Å². The highest BCUT2D eigenvalue weighted by Crippen LogP contribution is 2.22. The third kappa shape index (κ3) is 3.12. The molecule has 1 aliphatic heterocycles. The molecule has 0 saturated carbocycles. The molecule has 98 valence electrons. The summed E-state index contributed by atoms with van der Waals surface area (Å²) >= 11 is 3.45. The molecule has 3 nitrogen and oxygen atoms in total. The first-order valence-electron chi connectivity index (χ1n) is 6.30. The van der Waals surface area contributed by atoms with E-state index in [-0.39, 0.29) is 6.04 Å². The normalized spacial score (nSPS) is 20.9. The molecule has 1 aromatic rings. The predicted octanol–water partition coefficient (Wildman–Crippen LogP) is 3.20. The number of benzene rings is 1. The molecule has 1 fully saturated rings. The van der Waals surface area contributed by atoms with Crippen molar-refractivity contribution in [2.45, 2.75) is 38.8 Å². The van der Waals surface area contributed by atoms with Crippen LogP contribution >= 0.6 is 15.9 Å². The number of hydrogen-bond donors (Lipinski definition) is 1. The number of carbonyl (C=O) groups is 1. The average molecular weight is 312 g/mol. The van der Waals surface area contributed by atoms with Crippen molar-refractivity contribution in [2.75, 3.05) is 6.54 Å². The number of carboxylic acids is 1. The maximum atomic E-state index is 11.2. The van der Waals surface area contributed by atoms with Crippen LogP contribution in [0.4, 0.5) is 0 Å². The Morgan fingerprint density at radius 1 is 1.50 bits per heavy atom. The van der Waals surface area contributed by atoms with E-state index in [0.717, 1.165) is 36.8 Å². The first-order chi connectivity index (χ1) is 8.58. The van der Waals surface area contributed by atoms with Crippen LogP contribution in [0.25, 0.3) is 0 Å². The summed E-state index contributed by atoms with van der Waals surface area (Å²) in [5.41, 5.74) is 2.42. The third-order valence-corrected chi connectivity index (χ3v) is 4.07. The number of nitrogens with zero attached hydrogens (tertiary/aromatic N) is 1. The van der Waals surface area contributed by atoms with Crippen LogP contribution in [0.3, 0.4) is 0 Å². The SMILES string of the molecule is Cc1cc(Br)ccc1CN1CCCCC1C(=O)O. The Labute approximate surface area is 116 Å². The van der Waals surface area contributed by atoms with Crippen molar-refractivity contribution in [1.82, 2.24) is 4.90 Å². The largest absolute Gasteiger partial charge is 0.480 e. The van der Waals surface area contributed by atoms with E-state index in [2.05, 4.69) is 39.9 Å². The van der Waals surface area contributed by atoms with Gasteiger partial charge in [-0.15, -0.1) is 0 Å². The third-order valence-electron chi connectivity index (χ3n) is 3.58. The van der Waals surface area contributed by atoms with Crippen LogP contribution in [-0.4, -0.2) is 28.6 Å². The summed E-state index contributed by atoms with van der Waals surface area (Å²) in [6.07, 6.45) is 2.89. The van der Waals surface area contributed by atoms with E-state index >= 15 is 0 Å². The number of halogens is 1. The summed E-state index contributed by atoms with van der Waals surface area (Å²) in [5, 5.41) is 9.25. The van der Waals surface area contributed by atoms with Gasteiger partial charge in [-0.05, 0) is 49.6 Å². The van der Waals surface area contributed by atoms with Crippen LogP contribution in [0, 0.1) is 6.92 Å². The Bertz CT molecular complexity index is 447. The topological polar surface area (TPSA) is 40.5 Å². The monoisotopic (exact) mass is 311 g/mol. The van der Waals surface area contributed by atoms with Gasteiger partial charge >= 0.3 is 5.97 Å². The van der Waals surface area contributed by atoms with Gasteiger partial charge in [0.05, 0.1) is 0 Å². The second kappa shape index (κ2) is 5.85. The molecule has 0 spiro atoms. The molecule has 0 amide bonds. The Kier molecular flexibility index (Phi) is 4.40. The lowest BCUT2D eigenvalue weighted by atomic mass is 10.00. The van der Waals surface area contributed by atoms with Crippen LogP contribution in [-0.2, 0) is 11.3 Å². The molecule has 1 N–H and O–H groups in total. The van der Waals surface area contributed by atoms with Gasteiger partial charge in [-0.25, -0.2) is 0 Å². The zero-order chi connectivity index (χ0) is 13.1. The standard InChI is InChI=1S/C14H18BrNO2/c1-10-8-12(15)6-5-11(10)9-16-7-3-2-4-13(16)14(17)18/h5-6,8,13H,2-4,7,9H2,1H3,(H,17,18). The minimum Gasteiger partial charge on any atom is -0.480 e. The van der Waals surface area contributed by atoms with Crippen molar-refractivity contribution >= 4 is 21.9 Å². The molecule has 1 unspecified atom stereocenters. The van der Waals surface area contributed by atoms with Crippen molar-refractivity contribution in [3.05, 3.63) is 33.8 Å². The second-order valence-corrected chi connectivity index (χ2v) is 5.81. The number of rotatable bonds is 3. The molecule has 0 radical (unpaired) electrons. The molecule has 0 bridgehead atoms. The minimum absolute atomic E-state index is 0.318. The van der Waals surface area contributed by atoms with Crippen molar-refractivity contribution in [3.63, 3.8) is 0 Å². The maximum Gasteiger partial charge on any atom is 0.320 e. The molecular weight excluding hydrogens is 294 g/mol. The zero-order valence-electron chi connectivity index (χ0n) is 10.5. The van der Waals surface area contributed by atoms with Gasteiger partial charge in [-0.3, -0.25) is 9.69 Å². The van der Waals surface area contributed by atoms with Gasteiger partial charge in [0.25, 0.3) is 0 Å². The van der Waals surface area contributed by atoms with E-state index in [4.69, 9.17) is 0 Å². The number of aryl methyl sites for hydroxylation is 1. The predicted molar refractivity (Wildman–Crippen MR) is 74.6 cm³/mol. The zero-order valence-corrected chi connectivity index (χ0v) is 12.1. The van der Waals surface area contributed by atoms with Gasteiger partial charge < -0.3 is 5.11 Å². The smallest absolute Gasteiger partial charge is 0.320 e. The van der Waals surface area contributed by atoms with Gasteiger partial charge in [0.2, 0.25) is 0 Å².